The molecule has 1 unspecified atom stereocenters. The normalized spacial score (nSPS) is 11.5. The summed E-state index contributed by atoms with van der Waals surface area (Å²) in [7, 11) is 0. The van der Waals surface area contributed by atoms with Crippen LogP contribution in [0.5, 0.6) is 0 Å². The first-order valence-electron chi connectivity index (χ1n) is 4.91. The number of unbranched alkanes of at least 4 members (excludes halogenated alkanes) is 1. The van der Waals surface area contributed by atoms with E-state index >= 15 is 0 Å². The van der Waals surface area contributed by atoms with Gasteiger partial charge in [-0.25, -0.2) is 0 Å². The third kappa shape index (κ3) is 3.83. The molecule has 0 spiro atoms. The van der Waals surface area contributed by atoms with Crippen molar-refractivity contribution in [3.05, 3.63) is 46.3 Å². The Kier molecular flexibility index (Phi) is 4.98. The quantitative estimate of drug-likeness (QED) is 0.230. The van der Waals surface area contributed by atoms with Gasteiger partial charge in [0.25, 0.3) is 0 Å². The van der Waals surface area contributed by atoms with Gasteiger partial charge in [-0.2, -0.15) is 0 Å². The zero-order chi connectivity index (χ0) is 10.9. The molecule has 4 nitrogen and oxygen atoms in total. The van der Waals surface area contributed by atoms with Crippen molar-refractivity contribution in [1.82, 2.24) is 0 Å². The molecule has 0 amide bonds. The molecule has 0 radical (unpaired) electrons. The van der Waals surface area contributed by atoms with Gasteiger partial charge in [-0.3, -0.25) is 0 Å². The molecule has 1 aromatic carbocycles. The largest absolute Gasteiger partial charge is 0.303 e. The third-order valence-corrected chi connectivity index (χ3v) is 2.17. The Morgan fingerprint density at radius 1 is 1.40 bits per heavy atom. The molecule has 1 atom stereocenters. The van der Waals surface area contributed by atoms with Gasteiger partial charge in [0.05, 0.1) is 6.04 Å². The minimum atomic E-state index is -0.156. The molecule has 0 fully saturated rings. The molecule has 4 heteroatoms. The molecular formula is C11H13N3O. The van der Waals surface area contributed by atoms with Crippen LogP contribution in [0.25, 0.3) is 10.4 Å². The molecule has 0 saturated heterocycles. The SMILES string of the molecule is [N-]=[N+]=NC(CCCC=O)c1ccccc1. The van der Waals surface area contributed by atoms with Crippen molar-refractivity contribution in [1.29, 1.82) is 0 Å². The van der Waals surface area contributed by atoms with Crippen LogP contribution < -0.4 is 0 Å². The monoisotopic (exact) mass is 203 g/mol. The number of carbonyl (C=O) groups excluding carboxylic acids is 1. The van der Waals surface area contributed by atoms with E-state index in [-0.39, 0.29) is 6.04 Å². The van der Waals surface area contributed by atoms with Crippen molar-refractivity contribution in [3.8, 4) is 0 Å². The Labute approximate surface area is 88.6 Å². The highest BCUT2D eigenvalue weighted by molar-refractivity contribution is 5.49. The molecular weight excluding hydrogens is 190 g/mol. The lowest BCUT2D eigenvalue weighted by Gasteiger charge is -2.09. The fraction of sp³-hybridized carbons (Fsp3) is 0.364. The number of rotatable bonds is 6. The molecule has 0 aromatic heterocycles. The molecule has 1 aromatic rings. The fourth-order valence-electron chi connectivity index (χ4n) is 1.42. The van der Waals surface area contributed by atoms with Crippen molar-refractivity contribution < 1.29 is 4.79 Å². The number of benzene rings is 1. The highest BCUT2D eigenvalue weighted by atomic mass is 16.1. The maximum absolute atomic E-state index is 10.2. The lowest BCUT2D eigenvalue weighted by Crippen LogP contribution is -1.94. The summed E-state index contributed by atoms with van der Waals surface area (Å²) in [5.74, 6) is 0. The van der Waals surface area contributed by atoms with E-state index in [0.29, 0.717) is 12.8 Å². The van der Waals surface area contributed by atoms with Gasteiger partial charge in [0.1, 0.15) is 6.29 Å². The van der Waals surface area contributed by atoms with Crippen molar-refractivity contribution in [2.45, 2.75) is 25.3 Å². The molecule has 1 rings (SSSR count). The van der Waals surface area contributed by atoms with Gasteiger partial charge in [0, 0.05) is 11.3 Å². The van der Waals surface area contributed by atoms with E-state index in [2.05, 4.69) is 10.0 Å². The summed E-state index contributed by atoms with van der Waals surface area (Å²) in [4.78, 5) is 13.0. The summed E-state index contributed by atoms with van der Waals surface area (Å²) in [5.41, 5.74) is 9.44. The zero-order valence-electron chi connectivity index (χ0n) is 8.41. The number of aldehydes is 1. The van der Waals surface area contributed by atoms with Gasteiger partial charge in [-0.1, -0.05) is 35.4 Å². The van der Waals surface area contributed by atoms with E-state index in [9.17, 15) is 4.79 Å². The van der Waals surface area contributed by atoms with Crippen molar-refractivity contribution in [2.75, 3.05) is 0 Å². The van der Waals surface area contributed by atoms with Crippen LogP contribution >= 0.6 is 0 Å². The highest BCUT2D eigenvalue weighted by Crippen LogP contribution is 2.23. The average molecular weight is 203 g/mol. The van der Waals surface area contributed by atoms with Gasteiger partial charge in [-0.15, -0.1) is 0 Å². The Hall–Kier alpha value is -1.80. The number of nitrogens with zero attached hydrogens (tertiary/aromatic N) is 3. The molecule has 78 valence electrons. The van der Waals surface area contributed by atoms with Crippen molar-refractivity contribution in [2.24, 2.45) is 5.11 Å². The van der Waals surface area contributed by atoms with Gasteiger partial charge in [0.2, 0.25) is 0 Å². The Morgan fingerprint density at radius 2 is 2.13 bits per heavy atom. The van der Waals surface area contributed by atoms with E-state index in [1.807, 2.05) is 30.3 Å². The first kappa shape index (κ1) is 11.3. The molecule has 15 heavy (non-hydrogen) atoms. The minimum Gasteiger partial charge on any atom is -0.303 e. The summed E-state index contributed by atoms with van der Waals surface area (Å²) in [6.07, 6.45) is 2.87. The summed E-state index contributed by atoms with van der Waals surface area (Å²) in [6.45, 7) is 0. The second-order valence-electron chi connectivity index (χ2n) is 3.23. The second-order valence-corrected chi connectivity index (χ2v) is 3.23. The van der Waals surface area contributed by atoms with Crippen LogP contribution in [0.15, 0.2) is 35.4 Å². The van der Waals surface area contributed by atoms with Crippen LogP contribution in [0.3, 0.4) is 0 Å². The predicted molar refractivity (Wildman–Crippen MR) is 58.2 cm³/mol. The number of hydrogen-bond acceptors (Lipinski definition) is 2. The van der Waals surface area contributed by atoms with Gasteiger partial charge in [-0.05, 0) is 23.9 Å². The van der Waals surface area contributed by atoms with E-state index in [1.165, 1.54) is 0 Å². The van der Waals surface area contributed by atoms with Crippen LogP contribution in [0.4, 0.5) is 0 Å². The molecule has 0 saturated carbocycles. The summed E-state index contributed by atoms with van der Waals surface area (Å²) >= 11 is 0. The highest BCUT2D eigenvalue weighted by Gasteiger charge is 2.07. The van der Waals surface area contributed by atoms with E-state index in [0.717, 1.165) is 18.3 Å². The molecule has 0 aliphatic rings. The molecule has 0 N–H and O–H groups in total. The smallest absolute Gasteiger partial charge is 0.119 e. The average Bonchev–Trinajstić information content (AvgIpc) is 2.29. The Bertz CT molecular complexity index is 344. The Morgan fingerprint density at radius 3 is 2.73 bits per heavy atom. The maximum Gasteiger partial charge on any atom is 0.119 e. The molecule has 0 aliphatic heterocycles. The van der Waals surface area contributed by atoms with Crippen molar-refractivity contribution in [3.63, 3.8) is 0 Å². The number of azide groups is 1. The summed E-state index contributed by atoms with van der Waals surface area (Å²) in [5, 5.41) is 3.73. The third-order valence-electron chi connectivity index (χ3n) is 2.17. The second kappa shape index (κ2) is 6.62. The van der Waals surface area contributed by atoms with Crippen LogP contribution in [-0.2, 0) is 4.79 Å². The van der Waals surface area contributed by atoms with Crippen LogP contribution in [-0.4, -0.2) is 6.29 Å². The minimum absolute atomic E-state index is 0.156. The number of hydrogen-bond donors (Lipinski definition) is 0. The van der Waals surface area contributed by atoms with Gasteiger partial charge in [0.15, 0.2) is 0 Å². The van der Waals surface area contributed by atoms with E-state index in [1.54, 1.807) is 0 Å². The molecule has 0 bridgehead atoms. The predicted octanol–water partition coefficient (Wildman–Crippen LogP) is 3.41. The Balaban J connectivity index is 2.66. The maximum atomic E-state index is 10.2. The van der Waals surface area contributed by atoms with Gasteiger partial charge >= 0.3 is 0 Å². The lowest BCUT2D eigenvalue weighted by atomic mass is 10.0. The van der Waals surface area contributed by atoms with Crippen LogP contribution in [0.1, 0.15) is 30.9 Å². The van der Waals surface area contributed by atoms with E-state index in [4.69, 9.17) is 5.53 Å². The number of carbonyl (C=O) groups is 1. The zero-order valence-corrected chi connectivity index (χ0v) is 8.41. The summed E-state index contributed by atoms with van der Waals surface area (Å²) in [6, 6.07) is 9.45. The first-order valence-corrected chi connectivity index (χ1v) is 4.91. The van der Waals surface area contributed by atoms with Gasteiger partial charge < -0.3 is 4.79 Å². The fourth-order valence-corrected chi connectivity index (χ4v) is 1.42. The summed E-state index contributed by atoms with van der Waals surface area (Å²) < 4.78 is 0. The molecule has 0 heterocycles. The lowest BCUT2D eigenvalue weighted by molar-refractivity contribution is -0.107. The van der Waals surface area contributed by atoms with Crippen LogP contribution in [0.2, 0.25) is 0 Å². The topological polar surface area (TPSA) is 65.8 Å². The molecule has 0 aliphatic carbocycles. The van der Waals surface area contributed by atoms with E-state index < -0.39 is 0 Å². The van der Waals surface area contributed by atoms with Crippen molar-refractivity contribution >= 4 is 6.29 Å². The van der Waals surface area contributed by atoms with Crippen LogP contribution in [0, 0.1) is 0 Å². The first-order chi connectivity index (χ1) is 7.38. The standard InChI is InChI=1S/C11H13N3O/c12-14-13-11(8-4-5-9-15)10-6-2-1-3-7-10/h1-3,6-7,9,11H,4-5,8H2.